The van der Waals surface area contributed by atoms with Gasteiger partial charge in [0, 0.05) is 28.5 Å². The number of benzene rings is 1. The monoisotopic (exact) mass is 323 g/mol. The Labute approximate surface area is 136 Å². The highest BCUT2D eigenvalue weighted by Gasteiger charge is 2.43. The normalized spacial score (nSPS) is 30.0. The van der Waals surface area contributed by atoms with E-state index in [1.54, 1.807) is 0 Å². The summed E-state index contributed by atoms with van der Waals surface area (Å²) < 4.78 is 0.140. The number of carbonyl (C=O) groups is 1. The molecule has 21 heavy (non-hydrogen) atoms. The number of rotatable bonds is 2. The van der Waals surface area contributed by atoms with E-state index in [-0.39, 0.29) is 10.7 Å². The second kappa shape index (κ2) is 6.62. The van der Waals surface area contributed by atoms with Crippen molar-refractivity contribution in [2.75, 3.05) is 12.3 Å². The van der Waals surface area contributed by atoms with Crippen molar-refractivity contribution >= 4 is 29.3 Å². The smallest absolute Gasteiger partial charge is 0.221 e. The minimum absolute atomic E-state index is 0.140. The number of nitrogens with one attached hydrogen (secondary N) is 1. The number of amides is 1. The molecule has 1 aromatic rings. The lowest BCUT2D eigenvalue weighted by Crippen LogP contribution is -2.41. The Hall–Kier alpha value is -0.670. The van der Waals surface area contributed by atoms with Gasteiger partial charge < -0.3 is 5.32 Å². The Morgan fingerprint density at radius 2 is 2.29 bits per heavy atom. The van der Waals surface area contributed by atoms with Gasteiger partial charge in [-0.25, -0.2) is 0 Å². The largest absolute Gasteiger partial charge is 0.355 e. The first-order valence-electron chi connectivity index (χ1n) is 7.83. The van der Waals surface area contributed by atoms with Crippen molar-refractivity contribution in [3.8, 4) is 0 Å². The van der Waals surface area contributed by atoms with Crippen LogP contribution < -0.4 is 5.32 Å². The minimum atomic E-state index is 0.140. The van der Waals surface area contributed by atoms with Gasteiger partial charge in [0.25, 0.3) is 0 Å². The van der Waals surface area contributed by atoms with E-state index < -0.39 is 0 Å². The van der Waals surface area contributed by atoms with Crippen molar-refractivity contribution in [2.24, 2.45) is 5.92 Å². The van der Waals surface area contributed by atoms with Crippen molar-refractivity contribution in [1.82, 2.24) is 5.32 Å². The fourth-order valence-corrected chi connectivity index (χ4v) is 5.55. The molecule has 3 rings (SSSR count). The Morgan fingerprint density at radius 1 is 1.38 bits per heavy atom. The lowest BCUT2D eigenvalue weighted by Gasteiger charge is -2.43. The van der Waals surface area contributed by atoms with Crippen LogP contribution in [0.1, 0.15) is 37.7 Å². The van der Waals surface area contributed by atoms with Crippen molar-refractivity contribution in [2.45, 2.75) is 43.3 Å². The van der Waals surface area contributed by atoms with Crippen molar-refractivity contribution in [3.63, 3.8) is 0 Å². The Morgan fingerprint density at radius 3 is 3.14 bits per heavy atom. The summed E-state index contributed by atoms with van der Waals surface area (Å²) in [4.78, 5) is 12.1. The summed E-state index contributed by atoms with van der Waals surface area (Å²) in [7, 11) is 0. The fraction of sp³-hybridized carbons (Fsp3) is 0.588. The molecule has 114 valence electrons. The maximum atomic E-state index is 12.1. The standard InChI is InChI=1S/C17H22ClNOS/c18-15-6-3-4-13(11-15)10-14-5-1-2-7-17(14)12-16(20)19-8-9-21-17/h3-4,6,11,14H,1-2,5,7-10,12H2,(H,19,20)/t14-,17-/m0/s1. The first-order valence-corrected chi connectivity index (χ1v) is 9.19. The molecular formula is C17H22ClNOS. The molecule has 1 saturated heterocycles. The molecule has 1 aromatic carbocycles. The van der Waals surface area contributed by atoms with Crippen LogP contribution in [-0.2, 0) is 11.2 Å². The molecule has 4 heteroatoms. The predicted octanol–water partition coefficient (Wildman–Crippen LogP) is 4.06. The number of hydrogen-bond donors (Lipinski definition) is 1. The van der Waals surface area contributed by atoms with E-state index in [4.69, 9.17) is 11.6 Å². The zero-order valence-corrected chi connectivity index (χ0v) is 13.8. The van der Waals surface area contributed by atoms with Crippen LogP contribution in [0.4, 0.5) is 0 Å². The summed E-state index contributed by atoms with van der Waals surface area (Å²) in [6.07, 6.45) is 6.67. The number of halogens is 1. The lowest BCUT2D eigenvalue weighted by atomic mass is 9.73. The van der Waals surface area contributed by atoms with Crippen LogP contribution in [0.3, 0.4) is 0 Å². The highest BCUT2D eigenvalue weighted by molar-refractivity contribution is 8.00. The van der Waals surface area contributed by atoms with E-state index in [2.05, 4.69) is 17.4 Å². The van der Waals surface area contributed by atoms with E-state index in [1.807, 2.05) is 23.9 Å². The third kappa shape index (κ3) is 3.57. The third-order valence-corrected chi connectivity index (χ3v) is 6.69. The van der Waals surface area contributed by atoms with Crippen molar-refractivity contribution in [3.05, 3.63) is 34.9 Å². The lowest BCUT2D eigenvalue weighted by molar-refractivity contribution is -0.121. The molecule has 1 heterocycles. The van der Waals surface area contributed by atoms with Crippen molar-refractivity contribution < 1.29 is 4.79 Å². The molecule has 0 aromatic heterocycles. The molecule has 2 fully saturated rings. The maximum absolute atomic E-state index is 12.1. The molecule has 1 aliphatic heterocycles. The Kier molecular flexibility index (Phi) is 4.80. The fourth-order valence-electron chi connectivity index (χ4n) is 3.77. The molecule has 0 bridgehead atoms. The molecule has 1 N–H and O–H groups in total. The first-order chi connectivity index (χ1) is 10.2. The van der Waals surface area contributed by atoms with Crippen LogP contribution in [0.5, 0.6) is 0 Å². The van der Waals surface area contributed by atoms with Gasteiger partial charge >= 0.3 is 0 Å². The third-order valence-electron chi connectivity index (χ3n) is 4.79. The average molecular weight is 324 g/mol. The summed E-state index contributed by atoms with van der Waals surface area (Å²) >= 11 is 8.15. The van der Waals surface area contributed by atoms with Gasteiger partial charge in [-0.2, -0.15) is 11.8 Å². The van der Waals surface area contributed by atoms with E-state index in [0.717, 1.165) is 23.7 Å². The minimum Gasteiger partial charge on any atom is -0.355 e. The highest BCUT2D eigenvalue weighted by atomic mass is 35.5. The zero-order chi connectivity index (χ0) is 14.7. The van der Waals surface area contributed by atoms with Crippen LogP contribution in [0.2, 0.25) is 5.02 Å². The topological polar surface area (TPSA) is 29.1 Å². The number of thioether (sulfide) groups is 1. The molecule has 2 atom stereocenters. The van der Waals surface area contributed by atoms with Gasteiger partial charge in [-0.1, -0.05) is 36.6 Å². The molecule has 0 unspecified atom stereocenters. The Balaban J connectivity index is 1.81. The summed E-state index contributed by atoms with van der Waals surface area (Å²) in [6, 6.07) is 8.19. The summed E-state index contributed by atoms with van der Waals surface area (Å²) in [6.45, 7) is 0.815. The molecular weight excluding hydrogens is 302 g/mol. The molecule has 1 aliphatic carbocycles. The van der Waals surface area contributed by atoms with Gasteiger partial charge in [-0.15, -0.1) is 0 Å². The van der Waals surface area contributed by atoms with E-state index in [0.29, 0.717) is 12.3 Å². The van der Waals surface area contributed by atoms with Gasteiger partial charge in [0.2, 0.25) is 5.91 Å². The molecule has 2 nitrogen and oxygen atoms in total. The first kappa shape index (κ1) is 15.2. The summed E-state index contributed by atoms with van der Waals surface area (Å²) in [5.74, 6) is 1.86. The summed E-state index contributed by atoms with van der Waals surface area (Å²) in [5, 5.41) is 3.84. The molecule has 2 aliphatic rings. The molecule has 1 amide bonds. The molecule has 1 spiro atoms. The molecule has 1 saturated carbocycles. The van der Waals surface area contributed by atoms with E-state index >= 15 is 0 Å². The second-order valence-electron chi connectivity index (χ2n) is 6.22. The van der Waals surface area contributed by atoms with Gasteiger partial charge in [-0.3, -0.25) is 4.79 Å². The van der Waals surface area contributed by atoms with Crippen LogP contribution >= 0.6 is 23.4 Å². The predicted molar refractivity (Wildman–Crippen MR) is 89.9 cm³/mol. The van der Waals surface area contributed by atoms with E-state index in [1.165, 1.54) is 31.2 Å². The van der Waals surface area contributed by atoms with Gasteiger partial charge in [0.15, 0.2) is 0 Å². The van der Waals surface area contributed by atoms with Gasteiger partial charge in [0.1, 0.15) is 0 Å². The van der Waals surface area contributed by atoms with Crippen LogP contribution in [-0.4, -0.2) is 23.0 Å². The van der Waals surface area contributed by atoms with Crippen LogP contribution in [0.25, 0.3) is 0 Å². The van der Waals surface area contributed by atoms with Gasteiger partial charge in [-0.05, 0) is 42.9 Å². The highest BCUT2D eigenvalue weighted by Crippen LogP contribution is 2.48. The SMILES string of the molecule is O=C1C[C@]2(CCCC[C@H]2Cc2cccc(Cl)c2)SCCN1. The van der Waals surface area contributed by atoms with E-state index in [9.17, 15) is 4.79 Å². The maximum Gasteiger partial charge on any atom is 0.221 e. The summed E-state index contributed by atoms with van der Waals surface area (Å²) in [5.41, 5.74) is 1.30. The number of hydrogen-bond acceptors (Lipinski definition) is 2. The average Bonchev–Trinajstić information content (AvgIpc) is 2.64. The van der Waals surface area contributed by atoms with Gasteiger partial charge in [0.05, 0.1) is 0 Å². The van der Waals surface area contributed by atoms with Crippen LogP contribution in [0, 0.1) is 5.92 Å². The quantitative estimate of drug-likeness (QED) is 0.889. The zero-order valence-electron chi connectivity index (χ0n) is 12.2. The number of carbonyl (C=O) groups excluding carboxylic acids is 1. The molecule has 0 radical (unpaired) electrons. The van der Waals surface area contributed by atoms with Crippen molar-refractivity contribution in [1.29, 1.82) is 0 Å². The van der Waals surface area contributed by atoms with Crippen LogP contribution in [0.15, 0.2) is 24.3 Å². The Bertz CT molecular complexity index is 521. The second-order valence-corrected chi connectivity index (χ2v) is 8.16.